The maximum Gasteiger partial charge on any atom is 0.222 e. The Hall–Kier alpha value is -1.20. The first kappa shape index (κ1) is 11.3. The summed E-state index contributed by atoms with van der Waals surface area (Å²) in [7, 11) is 1.54. The maximum atomic E-state index is 6.05. The predicted molar refractivity (Wildman–Crippen MR) is 65.6 cm³/mol. The molecule has 0 fully saturated rings. The third kappa shape index (κ3) is 2.01. The van der Waals surface area contributed by atoms with Crippen molar-refractivity contribution in [1.82, 2.24) is 5.16 Å². The molecule has 16 heavy (non-hydrogen) atoms. The van der Waals surface area contributed by atoms with E-state index in [0.717, 1.165) is 10.0 Å². The molecule has 0 atom stereocenters. The number of methoxy groups -OCH3 is 1. The second kappa shape index (κ2) is 4.35. The molecule has 0 saturated heterocycles. The summed E-state index contributed by atoms with van der Waals surface area (Å²) in [4.78, 5) is 0. The largest absolute Gasteiger partial charge is 0.494 e. The van der Waals surface area contributed by atoms with Crippen LogP contribution in [0.2, 0.25) is 5.02 Å². The summed E-state index contributed by atoms with van der Waals surface area (Å²) in [5, 5.41) is 4.31. The smallest absolute Gasteiger partial charge is 0.222 e. The van der Waals surface area contributed by atoms with Crippen molar-refractivity contribution in [3.63, 3.8) is 0 Å². The first-order chi connectivity index (χ1) is 7.61. The van der Waals surface area contributed by atoms with Gasteiger partial charge in [0.05, 0.1) is 12.1 Å². The molecule has 0 aliphatic carbocycles. The number of hydrogen-bond donors (Lipinski definition) is 1. The fourth-order valence-corrected chi connectivity index (χ4v) is 2.26. The molecule has 0 radical (unpaired) electrons. The maximum absolute atomic E-state index is 6.05. The van der Waals surface area contributed by atoms with E-state index in [4.69, 9.17) is 26.6 Å². The molecule has 1 heterocycles. The van der Waals surface area contributed by atoms with Gasteiger partial charge in [-0.1, -0.05) is 32.7 Å². The van der Waals surface area contributed by atoms with Crippen LogP contribution in [0.1, 0.15) is 0 Å². The average Bonchev–Trinajstić information content (AvgIpc) is 2.63. The average molecular weight is 304 g/mol. The topological polar surface area (TPSA) is 61.3 Å². The molecule has 1 aromatic carbocycles. The zero-order valence-corrected chi connectivity index (χ0v) is 10.7. The fourth-order valence-electron chi connectivity index (χ4n) is 1.37. The Balaban J connectivity index is 2.63. The van der Waals surface area contributed by atoms with Gasteiger partial charge in [-0.25, -0.2) is 0 Å². The van der Waals surface area contributed by atoms with Crippen molar-refractivity contribution in [2.24, 2.45) is 0 Å². The Morgan fingerprint density at radius 3 is 2.75 bits per heavy atom. The van der Waals surface area contributed by atoms with E-state index >= 15 is 0 Å². The second-order valence-corrected chi connectivity index (χ2v) is 4.41. The van der Waals surface area contributed by atoms with E-state index in [2.05, 4.69) is 21.1 Å². The van der Waals surface area contributed by atoms with E-state index in [9.17, 15) is 0 Å². The highest BCUT2D eigenvalue weighted by atomic mass is 79.9. The highest BCUT2D eigenvalue weighted by Crippen LogP contribution is 2.38. The first-order valence-corrected chi connectivity index (χ1v) is 5.54. The third-order valence-corrected chi connectivity index (χ3v) is 2.76. The van der Waals surface area contributed by atoms with Gasteiger partial charge >= 0.3 is 0 Å². The van der Waals surface area contributed by atoms with E-state index < -0.39 is 0 Å². The van der Waals surface area contributed by atoms with Crippen molar-refractivity contribution >= 4 is 33.4 Å². The van der Waals surface area contributed by atoms with Crippen LogP contribution in [0.4, 0.5) is 5.88 Å². The minimum atomic E-state index is 0.244. The number of aromatic nitrogens is 1. The summed E-state index contributed by atoms with van der Waals surface area (Å²) in [6, 6.07) is 5.19. The Labute approximate surface area is 105 Å². The highest BCUT2D eigenvalue weighted by molar-refractivity contribution is 9.10. The zero-order chi connectivity index (χ0) is 11.7. The number of nitrogens with zero attached hydrogens (tertiary/aromatic N) is 1. The van der Waals surface area contributed by atoms with Gasteiger partial charge in [0.15, 0.2) is 0 Å². The van der Waals surface area contributed by atoms with Crippen molar-refractivity contribution < 1.29 is 9.26 Å². The van der Waals surface area contributed by atoms with Crippen LogP contribution < -0.4 is 10.5 Å². The first-order valence-electron chi connectivity index (χ1n) is 4.37. The molecule has 0 aliphatic rings. The normalized spacial score (nSPS) is 10.4. The molecule has 0 bridgehead atoms. The van der Waals surface area contributed by atoms with Crippen molar-refractivity contribution in [3.8, 4) is 17.0 Å². The zero-order valence-electron chi connectivity index (χ0n) is 8.33. The molecule has 2 aromatic rings. The lowest BCUT2D eigenvalue weighted by Gasteiger charge is -2.08. The summed E-state index contributed by atoms with van der Waals surface area (Å²) >= 11 is 9.40. The summed E-state index contributed by atoms with van der Waals surface area (Å²) < 4.78 is 10.9. The molecule has 4 nitrogen and oxygen atoms in total. The Morgan fingerprint density at radius 1 is 1.44 bits per heavy atom. The lowest BCUT2D eigenvalue weighted by molar-refractivity contribution is 0.414. The number of hydrogen-bond acceptors (Lipinski definition) is 4. The van der Waals surface area contributed by atoms with Crippen LogP contribution in [0.25, 0.3) is 11.3 Å². The fraction of sp³-hybridized carbons (Fsp3) is 0.100. The number of nitrogens with two attached hydrogens (primary N) is 1. The summed E-state index contributed by atoms with van der Waals surface area (Å²) in [6.45, 7) is 0. The van der Waals surface area contributed by atoms with Gasteiger partial charge < -0.3 is 15.0 Å². The van der Waals surface area contributed by atoms with Gasteiger partial charge in [-0.15, -0.1) is 0 Å². The van der Waals surface area contributed by atoms with E-state index in [0.29, 0.717) is 16.5 Å². The van der Waals surface area contributed by atoms with E-state index in [-0.39, 0.29) is 5.88 Å². The van der Waals surface area contributed by atoms with Crippen LogP contribution in [-0.2, 0) is 0 Å². The summed E-state index contributed by atoms with van der Waals surface area (Å²) in [5.41, 5.74) is 6.77. The number of nitrogen functional groups attached to an aromatic ring is 1. The second-order valence-electron chi connectivity index (χ2n) is 3.08. The van der Waals surface area contributed by atoms with Crippen LogP contribution in [0, 0.1) is 0 Å². The van der Waals surface area contributed by atoms with Crippen LogP contribution in [0.3, 0.4) is 0 Å². The summed E-state index contributed by atoms with van der Waals surface area (Å²) in [6.07, 6.45) is 0. The number of halogens is 2. The van der Waals surface area contributed by atoms with Gasteiger partial charge in [-0.3, -0.25) is 0 Å². The monoisotopic (exact) mass is 302 g/mol. The van der Waals surface area contributed by atoms with Crippen molar-refractivity contribution in [2.45, 2.75) is 0 Å². The highest BCUT2D eigenvalue weighted by Gasteiger charge is 2.14. The number of anilines is 1. The molecule has 2 N–H and O–H groups in total. The van der Waals surface area contributed by atoms with Gasteiger partial charge in [0, 0.05) is 16.1 Å². The Morgan fingerprint density at radius 2 is 2.19 bits per heavy atom. The lowest BCUT2D eigenvalue weighted by Crippen LogP contribution is -1.89. The van der Waals surface area contributed by atoms with Gasteiger partial charge in [-0.2, -0.15) is 0 Å². The van der Waals surface area contributed by atoms with Gasteiger partial charge in [-0.05, 0) is 12.1 Å². The third-order valence-electron chi connectivity index (χ3n) is 2.02. The molecule has 1 aromatic heterocycles. The van der Waals surface area contributed by atoms with Crippen LogP contribution in [0.5, 0.6) is 5.75 Å². The van der Waals surface area contributed by atoms with E-state index in [1.807, 2.05) is 6.07 Å². The SMILES string of the molecule is COc1c(Cl)cc(Br)cc1-c1cc(N)on1. The molecule has 84 valence electrons. The molecule has 0 unspecified atom stereocenters. The number of ether oxygens (including phenoxy) is 1. The molecule has 0 saturated carbocycles. The standard InChI is InChI=1S/C10H8BrClN2O2/c1-15-10-6(2-5(11)3-7(10)12)8-4-9(13)16-14-8/h2-4H,13H2,1H3. The van der Waals surface area contributed by atoms with Crippen molar-refractivity contribution in [3.05, 3.63) is 27.7 Å². The lowest BCUT2D eigenvalue weighted by atomic mass is 10.1. The Bertz CT molecular complexity index is 528. The molecular weight excluding hydrogens is 295 g/mol. The molecule has 0 spiro atoms. The van der Waals surface area contributed by atoms with E-state index in [1.54, 1.807) is 19.2 Å². The van der Waals surface area contributed by atoms with Crippen LogP contribution >= 0.6 is 27.5 Å². The predicted octanol–water partition coefficient (Wildman–Crippen LogP) is 3.35. The number of rotatable bonds is 2. The van der Waals surface area contributed by atoms with Crippen LogP contribution in [0.15, 0.2) is 27.2 Å². The van der Waals surface area contributed by atoms with Gasteiger partial charge in [0.2, 0.25) is 5.88 Å². The molecule has 6 heteroatoms. The molecule has 0 amide bonds. The van der Waals surface area contributed by atoms with Gasteiger partial charge in [0.1, 0.15) is 11.4 Å². The van der Waals surface area contributed by atoms with E-state index in [1.165, 1.54) is 0 Å². The molecular formula is C10H8BrClN2O2. The molecule has 0 aliphatic heterocycles. The minimum Gasteiger partial charge on any atom is -0.494 e. The minimum absolute atomic E-state index is 0.244. The quantitative estimate of drug-likeness (QED) is 0.924. The Kier molecular flexibility index (Phi) is 3.07. The van der Waals surface area contributed by atoms with Crippen molar-refractivity contribution in [1.29, 1.82) is 0 Å². The van der Waals surface area contributed by atoms with Crippen molar-refractivity contribution in [2.75, 3.05) is 12.8 Å². The number of benzene rings is 1. The van der Waals surface area contributed by atoms with Gasteiger partial charge in [0.25, 0.3) is 0 Å². The summed E-state index contributed by atoms with van der Waals surface area (Å²) in [5.74, 6) is 0.784. The van der Waals surface area contributed by atoms with Crippen LogP contribution in [-0.4, -0.2) is 12.3 Å². The molecule has 2 rings (SSSR count).